The first kappa shape index (κ1) is 11.9. The Morgan fingerprint density at radius 3 is 3.00 bits per heavy atom. The van der Waals surface area contributed by atoms with Crippen molar-refractivity contribution in [3.63, 3.8) is 0 Å². The number of nitrogens with zero attached hydrogens (tertiary/aromatic N) is 2. The molecule has 92 valence electrons. The van der Waals surface area contributed by atoms with Crippen LogP contribution in [0.4, 0.5) is 5.82 Å². The van der Waals surface area contributed by atoms with Crippen molar-refractivity contribution in [2.45, 2.75) is 18.9 Å². The molecule has 1 aromatic heterocycles. The van der Waals surface area contributed by atoms with Crippen molar-refractivity contribution in [3.8, 4) is 0 Å². The number of methoxy groups -OCH3 is 1. The Labute approximate surface area is 100 Å². The number of pyridine rings is 1. The SMILES string of the molecule is COC(=O)c1ccnc(N2CCC(C)(O)C2)c1. The summed E-state index contributed by atoms with van der Waals surface area (Å²) in [7, 11) is 1.35. The van der Waals surface area contributed by atoms with Gasteiger partial charge in [-0.3, -0.25) is 0 Å². The maximum absolute atomic E-state index is 11.4. The summed E-state index contributed by atoms with van der Waals surface area (Å²) in [4.78, 5) is 17.6. The lowest BCUT2D eigenvalue weighted by Gasteiger charge is -2.20. The molecule has 2 heterocycles. The number of hydrogen-bond donors (Lipinski definition) is 1. The number of hydrogen-bond acceptors (Lipinski definition) is 5. The molecule has 1 atom stereocenters. The summed E-state index contributed by atoms with van der Waals surface area (Å²) in [5.41, 5.74) is -0.202. The van der Waals surface area contributed by atoms with E-state index in [1.807, 2.05) is 4.90 Å². The summed E-state index contributed by atoms with van der Waals surface area (Å²) >= 11 is 0. The van der Waals surface area contributed by atoms with Gasteiger partial charge in [0.15, 0.2) is 0 Å². The number of carbonyl (C=O) groups is 1. The Balaban J connectivity index is 2.20. The topological polar surface area (TPSA) is 62.7 Å². The van der Waals surface area contributed by atoms with Gasteiger partial charge in [-0.2, -0.15) is 0 Å². The Kier molecular flexibility index (Phi) is 3.02. The Morgan fingerprint density at radius 1 is 1.65 bits per heavy atom. The highest BCUT2D eigenvalue weighted by Crippen LogP contribution is 2.25. The second kappa shape index (κ2) is 4.33. The van der Waals surface area contributed by atoms with Gasteiger partial charge in [0.25, 0.3) is 0 Å². The minimum atomic E-state index is -0.678. The molecule has 1 N–H and O–H groups in total. The van der Waals surface area contributed by atoms with Crippen LogP contribution < -0.4 is 4.90 Å². The van der Waals surface area contributed by atoms with Crippen LogP contribution in [0.15, 0.2) is 18.3 Å². The van der Waals surface area contributed by atoms with Crippen LogP contribution in [0.5, 0.6) is 0 Å². The van der Waals surface area contributed by atoms with Crippen LogP contribution in [0.3, 0.4) is 0 Å². The Bertz CT molecular complexity index is 432. The number of anilines is 1. The van der Waals surface area contributed by atoms with Gasteiger partial charge in [0.2, 0.25) is 0 Å². The molecule has 5 heteroatoms. The zero-order chi connectivity index (χ0) is 12.5. The summed E-state index contributed by atoms with van der Waals surface area (Å²) in [5.74, 6) is 0.324. The fourth-order valence-electron chi connectivity index (χ4n) is 1.98. The molecule has 1 fully saturated rings. The molecule has 0 radical (unpaired) electrons. The van der Waals surface area contributed by atoms with Gasteiger partial charge in [-0.1, -0.05) is 0 Å². The minimum Gasteiger partial charge on any atom is -0.465 e. The van der Waals surface area contributed by atoms with Gasteiger partial charge in [0.05, 0.1) is 18.3 Å². The molecule has 0 saturated carbocycles. The van der Waals surface area contributed by atoms with Crippen LogP contribution in [-0.2, 0) is 4.74 Å². The summed E-state index contributed by atoms with van der Waals surface area (Å²) in [6.45, 7) is 3.08. The lowest BCUT2D eigenvalue weighted by molar-refractivity contribution is 0.0600. The second-order valence-electron chi connectivity index (χ2n) is 4.56. The predicted molar refractivity (Wildman–Crippen MR) is 63.0 cm³/mol. The highest BCUT2D eigenvalue weighted by Gasteiger charge is 2.32. The smallest absolute Gasteiger partial charge is 0.338 e. The van der Waals surface area contributed by atoms with E-state index in [1.54, 1.807) is 25.3 Å². The lowest BCUT2D eigenvalue weighted by Crippen LogP contribution is -2.30. The fourth-order valence-corrected chi connectivity index (χ4v) is 1.98. The molecule has 0 amide bonds. The number of carbonyl (C=O) groups excluding carboxylic acids is 1. The normalized spacial score (nSPS) is 23.8. The average Bonchev–Trinajstić information content (AvgIpc) is 2.69. The first-order valence-electron chi connectivity index (χ1n) is 5.53. The molecule has 0 spiro atoms. The number of aromatic nitrogens is 1. The third-order valence-electron chi connectivity index (χ3n) is 2.94. The van der Waals surface area contributed by atoms with Crippen LogP contribution in [0, 0.1) is 0 Å². The second-order valence-corrected chi connectivity index (χ2v) is 4.56. The number of ether oxygens (including phenoxy) is 1. The number of aliphatic hydroxyl groups is 1. The van der Waals surface area contributed by atoms with Gasteiger partial charge in [-0.05, 0) is 25.5 Å². The minimum absolute atomic E-state index is 0.375. The van der Waals surface area contributed by atoms with Crippen molar-refractivity contribution >= 4 is 11.8 Å². The Morgan fingerprint density at radius 2 is 2.41 bits per heavy atom. The van der Waals surface area contributed by atoms with Gasteiger partial charge in [-0.25, -0.2) is 9.78 Å². The molecular formula is C12H16N2O3. The fraction of sp³-hybridized carbons (Fsp3) is 0.500. The zero-order valence-electron chi connectivity index (χ0n) is 10.0. The predicted octanol–water partition coefficient (Wildman–Crippen LogP) is 0.829. The van der Waals surface area contributed by atoms with Crippen LogP contribution in [0.1, 0.15) is 23.7 Å². The molecule has 1 aromatic rings. The summed E-state index contributed by atoms with van der Waals surface area (Å²) in [5, 5.41) is 9.89. The van der Waals surface area contributed by atoms with Crippen molar-refractivity contribution in [1.82, 2.24) is 4.98 Å². The maximum atomic E-state index is 11.4. The third kappa shape index (κ3) is 2.55. The largest absolute Gasteiger partial charge is 0.465 e. The molecule has 0 aromatic carbocycles. The van der Waals surface area contributed by atoms with E-state index < -0.39 is 5.60 Å². The van der Waals surface area contributed by atoms with Crippen molar-refractivity contribution in [3.05, 3.63) is 23.9 Å². The molecule has 2 rings (SSSR count). The standard InChI is InChI=1S/C12H16N2O3/c1-12(16)4-6-14(8-12)10-7-9(3-5-13-10)11(15)17-2/h3,5,7,16H,4,6,8H2,1-2H3. The molecule has 17 heavy (non-hydrogen) atoms. The zero-order valence-corrected chi connectivity index (χ0v) is 10.0. The van der Waals surface area contributed by atoms with Gasteiger partial charge < -0.3 is 14.7 Å². The molecule has 0 bridgehead atoms. The molecular weight excluding hydrogens is 220 g/mol. The number of rotatable bonds is 2. The molecule has 1 aliphatic rings. The summed E-state index contributed by atoms with van der Waals surface area (Å²) < 4.78 is 4.66. The van der Waals surface area contributed by atoms with E-state index in [2.05, 4.69) is 9.72 Å². The quantitative estimate of drug-likeness (QED) is 0.771. The number of β-amino-alcohol motifs (C(OH)–C–C–N with tert-alkyl or cyclic N) is 1. The van der Waals surface area contributed by atoms with E-state index in [4.69, 9.17) is 0 Å². The molecule has 0 aliphatic carbocycles. The molecule has 5 nitrogen and oxygen atoms in total. The van der Waals surface area contributed by atoms with Crippen LogP contribution in [0.25, 0.3) is 0 Å². The van der Waals surface area contributed by atoms with Crippen LogP contribution >= 0.6 is 0 Å². The highest BCUT2D eigenvalue weighted by molar-refractivity contribution is 5.90. The molecule has 1 aliphatic heterocycles. The monoisotopic (exact) mass is 236 g/mol. The van der Waals surface area contributed by atoms with E-state index in [0.29, 0.717) is 24.3 Å². The van der Waals surface area contributed by atoms with Crippen molar-refractivity contribution < 1.29 is 14.6 Å². The Hall–Kier alpha value is -1.62. The van der Waals surface area contributed by atoms with Crippen LogP contribution in [-0.4, -0.2) is 41.9 Å². The number of esters is 1. The summed E-state index contributed by atoms with van der Waals surface area (Å²) in [6.07, 6.45) is 2.28. The maximum Gasteiger partial charge on any atom is 0.338 e. The first-order chi connectivity index (χ1) is 8.02. The third-order valence-corrected chi connectivity index (χ3v) is 2.94. The summed E-state index contributed by atoms with van der Waals surface area (Å²) in [6, 6.07) is 3.30. The molecule has 1 unspecified atom stereocenters. The average molecular weight is 236 g/mol. The van der Waals surface area contributed by atoms with Gasteiger partial charge in [-0.15, -0.1) is 0 Å². The van der Waals surface area contributed by atoms with Gasteiger partial charge >= 0.3 is 5.97 Å². The van der Waals surface area contributed by atoms with Crippen molar-refractivity contribution in [2.75, 3.05) is 25.1 Å². The first-order valence-corrected chi connectivity index (χ1v) is 5.53. The molecule has 1 saturated heterocycles. The van der Waals surface area contributed by atoms with E-state index in [-0.39, 0.29) is 5.97 Å². The highest BCUT2D eigenvalue weighted by atomic mass is 16.5. The van der Waals surface area contributed by atoms with Gasteiger partial charge in [0.1, 0.15) is 5.82 Å². The van der Waals surface area contributed by atoms with Crippen LogP contribution in [0.2, 0.25) is 0 Å². The van der Waals surface area contributed by atoms with E-state index in [0.717, 1.165) is 6.54 Å². The van der Waals surface area contributed by atoms with E-state index >= 15 is 0 Å². The van der Waals surface area contributed by atoms with Crippen molar-refractivity contribution in [1.29, 1.82) is 0 Å². The van der Waals surface area contributed by atoms with E-state index in [1.165, 1.54) is 7.11 Å². The van der Waals surface area contributed by atoms with Gasteiger partial charge in [0, 0.05) is 19.3 Å². The van der Waals surface area contributed by atoms with Crippen molar-refractivity contribution in [2.24, 2.45) is 0 Å². The van der Waals surface area contributed by atoms with E-state index in [9.17, 15) is 9.90 Å². The lowest BCUT2D eigenvalue weighted by atomic mass is 10.1.